The highest BCUT2D eigenvalue weighted by Crippen LogP contribution is 2.10. The maximum Gasteiger partial charge on any atom is 0.305 e. The highest BCUT2D eigenvalue weighted by molar-refractivity contribution is 5.77. The lowest BCUT2D eigenvalue weighted by Crippen LogP contribution is -2.27. The molecule has 0 aromatic carbocycles. The Labute approximate surface area is 84.2 Å². The lowest BCUT2D eigenvalue weighted by atomic mass is 10.2. The highest BCUT2D eigenvalue weighted by atomic mass is 16.5. The molecule has 0 aliphatic carbocycles. The molecule has 14 heavy (non-hydrogen) atoms. The monoisotopic (exact) mass is 199 g/mol. The molecule has 80 valence electrons. The Morgan fingerprint density at radius 3 is 2.43 bits per heavy atom. The van der Waals surface area contributed by atoms with E-state index in [1.54, 1.807) is 0 Å². The lowest BCUT2D eigenvalue weighted by Gasteiger charge is -2.14. The van der Waals surface area contributed by atoms with Crippen molar-refractivity contribution in [2.45, 2.75) is 32.1 Å². The van der Waals surface area contributed by atoms with Gasteiger partial charge in [0.25, 0.3) is 0 Å². The number of carbonyl (C=O) groups excluding carboxylic acids is 2. The number of carbonyl (C=O) groups is 2. The van der Waals surface area contributed by atoms with Crippen LogP contribution in [-0.4, -0.2) is 37.0 Å². The van der Waals surface area contributed by atoms with Gasteiger partial charge in [-0.1, -0.05) is 0 Å². The minimum Gasteiger partial charge on any atom is -0.469 e. The van der Waals surface area contributed by atoms with Gasteiger partial charge in [-0.2, -0.15) is 0 Å². The molecule has 0 spiro atoms. The predicted octanol–water partition coefficient (Wildman–Crippen LogP) is 0.952. The van der Waals surface area contributed by atoms with Crippen LogP contribution in [0.4, 0.5) is 0 Å². The summed E-state index contributed by atoms with van der Waals surface area (Å²) in [5.41, 5.74) is 0. The van der Waals surface area contributed by atoms with E-state index in [0.29, 0.717) is 19.3 Å². The van der Waals surface area contributed by atoms with Crippen molar-refractivity contribution in [3.8, 4) is 0 Å². The number of nitrogens with zero attached hydrogens (tertiary/aromatic N) is 1. The van der Waals surface area contributed by atoms with Crippen LogP contribution in [0.2, 0.25) is 0 Å². The number of esters is 1. The summed E-state index contributed by atoms with van der Waals surface area (Å²) in [5.74, 6) is -0.0642. The van der Waals surface area contributed by atoms with Crippen LogP contribution in [-0.2, 0) is 14.3 Å². The number of methoxy groups -OCH3 is 1. The fourth-order valence-electron chi connectivity index (χ4n) is 1.61. The molecule has 0 aromatic heterocycles. The summed E-state index contributed by atoms with van der Waals surface area (Å²) in [4.78, 5) is 24.1. The second-order valence-corrected chi connectivity index (χ2v) is 3.52. The summed E-state index contributed by atoms with van der Waals surface area (Å²) in [6.45, 7) is 1.77. The molecule has 1 heterocycles. The molecule has 1 saturated heterocycles. The van der Waals surface area contributed by atoms with Crippen LogP contribution in [0.1, 0.15) is 32.1 Å². The first-order valence-corrected chi connectivity index (χ1v) is 5.08. The summed E-state index contributed by atoms with van der Waals surface area (Å²) < 4.78 is 4.49. The van der Waals surface area contributed by atoms with Gasteiger partial charge in [-0.05, 0) is 19.3 Å². The van der Waals surface area contributed by atoms with E-state index in [2.05, 4.69) is 4.74 Å². The predicted molar refractivity (Wildman–Crippen MR) is 51.7 cm³/mol. The average molecular weight is 199 g/mol. The molecule has 0 unspecified atom stereocenters. The Morgan fingerprint density at radius 1 is 1.21 bits per heavy atom. The summed E-state index contributed by atoms with van der Waals surface area (Å²) >= 11 is 0. The van der Waals surface area contributed by atoms with Gasteiger partial charge in [0.15, 0.2) is 0 Å². The van der Waals surface area contributed by atoms with E-state index in [1.165, 1.54) is 7.11 Å². The molecule has 0 saturated carbocycles. The Bertz CT molecular complexity index is 209. The third kappa shape index (κ3) is 3.36. The molecule has 0 N–H and O–H groups in total. The molecule has 0 atom stereocenters. The van der Waals surface area contributed by atoms with Crippen LogP contribution < -0.4 is 0 Å². The minimum absolute atomic E-state index is 0.173. The van der Waals surface area contributed by atoms with Crippen molar-refractivity contribution in [3.05, 3.63) is 0 Å². The van der Waals surface area contributed by atoms with Crippen LogP contribution in [0.3, 0.4) is 0 Å². The molecular formula is C10H17NO3. The van der Waals surface area contributed by atoms with Crippen molar-refractivity contribution in [2.24, 2.45) is 0 Å². The maximum atomic E-state index is 11.5. The van der Waals surface area contributed by atoms with E-state index in [-0.39, 0.29) is 11.9 Å². The Morgan fingerprint density at radius 2 is 1.86 bits per heavy atom. The molecule has 4 nitrogen and oxygen atoms in total. The second-order valence-electron chi connectivity index (χ2n) is 3.52. The second kappa shape index (κ2) is 5.62. The first-order chi connectivity index (χ1) is 6.74. The zero-order valence-electron chi connectivity index (χ0n) is 8.62. The molecule has 1 rings (SSSR count). The third-order valence-corrected chi connectivity index (χ3v) is 2.46. The van der Waals surface area contributed by atoms with Gasteiger partial charge in [0, 0.05) is 25.9 Å². The fraction of sp³-hybridized carbons (Fsp3) is 0.800. The van der Waals surface area contributed by atoms with Crippen LogP contribution in [0.25, 0.3) is 0 Å². The van der Waals surface area contributed by atoms with Crippen molar-refractivity contribution in [2.75, 3.05) is 20.2 Å². The molecule has 0 aromatic rings. The minimum atomic E-state index is -0.237. The van der Waals surface area contributed by atoms with E-state index in [1.807, 2.05) is 4.90 Å². The van der Waals surface area contributed by atoms with Crippen LogP contribution in [0.5, 0.6) is 0 Å². The normalized spacial score (nSPS) is 15.6. The van der Waals surface area contributed by atoms with Gasteiger partial charge in [-0.25, -0.2) is 0 Å². The number of amides is 1. The summed E-state index contributed by atoms with van der Waals surface area (Å²) in [6.07, 6.45) is 3.64. The van der Waals surface area contributed by atoms with E-state index in [4.69, 9.17) is 0 Å². The van der Waals surface area contributed by atoms with E-state index in [9.17, 15) is 9.59 Å². The van der Waals surface area contributed by atoms with Crippen molar-refractivity contribution in [1.82, 2.24) is 4.90 Å². The van der Waals surface area contributed by atoms with Gasteiger partial charge in [0.05, 0.1) is 7.11 Å². The van der Waals surface area contributed by atoms with Gasteiger partial charge >= 0.3 is 5.97 Å². The van der Waals surface area contributed by atoms with Gasteiger partial charge in [0.1, 0.15) is 0 Å². The molecule has 1 fully saturated rings. The topological polar surface area (TPSA) is 46.6 Å². The molecule has 1 aliphatic rings. The van der Waals surface area contributed by atoms with Crippen LogP contribution >= 0.6 is 0 Å². The van der Waals surface area contributed by atoms with E-state index < -0.39 is 0 Å². The third-order valence-electron chi connectivity index (χ3n) is 2.46. The molecule has 0 bridgehead atoms. The Kier molecular flexibility index (Phi) is 4.43. The summed E-state index contributed by atoms with van der Waals surface area (Å²) in [7, 11) is 1.37. The number of rotatable bonds is 4. The smallest absolute Gasteiger partial charge is 0.305 e. The van der Waals surface area contributed by atoms with Gasteiger partial charge in [-0.15, -0.1) is 0 Å². The van der Waals surface area contributed by atoms with Gasteiger partial charge in [0.2, 0.25) is 5.91 Å². The molecule has 0 radical (unpaired) electrons. The van der Waals surface area contributed by atoms with Crippen molar-refractivity contribution < 1.29 is 14.3 Å². The first-order valence-electron chi connectivity index (χ1n) is 5.08. The van der Waals surface area contributed by atoms with Crippen molar-refractivity contribution in [1.29, 1.82) is 0 Å². The standard InChI is InChI=1S/C10H17NO3/c1-14-10(13)6-4-5-9(12)11-7-2-3-8-11/h2-8H2,1H3. The van der Waals surface area contributed by atoms with E-state index in [0.717, 1.165) is 25.9 Å². The Balaban J connectivity index is 2.11. The lowest BCUT2D eigenvalue weighted by molar-refractivity contribution is -0.140. The average Bonchev–Trinajstić information content (AvgIpc) is 2.70. The highest BCUT2D eigenvalue weighted by Gasteiger charge is 2.17. The SMILES string of the molecule is COC(=O)CCCC(=O)N1CCCC1. The van der Waals surface area contributed by atoms with Crippen LogP contribution in [0.15, 0.2) is 0 Å². The molecule has 1 amide bonds. The number of hydrogen-bond donors (Lipinski definition) is 0. The largest absolute Gasteiger partial charge is 0.469 e. The first kappa shape index (κ1) is 11.0. The zero-order chi connectivity index (χ0) is 10.4. The number of hydrogen-bond acceptors (Lipinski definition) is 3. The molecule has 4 heteroatoms. The number of likely N-dealkylation sites (tertiary alicyclic amines) is 1. The Hall–Kier alpha value is -1.06. The molecule has 1 aliphatic heterocycles. The number of ether oxygens (including phenoxy) is 1. The fourth-order valence-corrected chi connectivity index (χ4v) is 1.61. The van der Waals surface area contributed by atoms with E-state index >= 15 is 0 Å². The maximum absolute atomic E-state index is 11.5. The van der Waals surface area contributed by atoms with Crippen molar-refractivity contribution in [3.63, 3.8) is 0 Å². The zero-order valence-corrected chi connectivity index (χ0v) is 8.62. The van der Waals surface area contributed by atoms with Gasteiger partial charge in [-0.3, -0.25) is 9.59 Å². The van der Waals surface area contributed by atoms with Gasteiger partial charge < -0.3 is 9.64 Å². The van der Waals surface area contributed by atoms with Crippen LogP contribution in [0, 0.1) is 0 Å². The summed E-state index contributed by atoms with van der Waals surface area (Å²) in [5, 5.41) is 0. The van der Waals surface area contributed by atoms with Crippen molar-refractivity contribution >= 4 is 11.9 Å². The summed E-state index contributed by atoms with van der Waals surface area (Å²) in [6, 6.07) is 0. The molecular weight excluding hydrogens is 182 g/mol. The quantitative estimate of drug-likeness (QED) is 0.633.